The summed E-state index contributed by atoms with van der Waals surface area (Å²) in [6.07, 6.45) is 1.53. The number of esters is 3. The molecule has 0 fully saturated rings. The van der Waals surface area contributed by atoms with Gasteiger partial charge in [-0.3, -0.25) is 24.0 Å². The molecule has 11 heteroatoms. The van der Waals surface area contributed by atoms with E-state index in [1.165, 1.54) is 27.4 Å². The summed E-state index contributed by atoms with van der Waals surface area (Å²) in [5.41, 5.74) is 0. The summed E-state index contributed by atoms with van der Waals surface area (Å²) in [6, 6.07) is 0. The normalized spacial score (nSPS) is 13.8. The van der Waals surface area contributed by atoms with E-state index in [-0.39, 0.29) is 57.1 Å². The molecule has 1 aliphatic rings. The van der Waals surface area contributed by atoms with Gasteiger partial charge in [-0.1, -0.05) is 0 Å². The van der Waals surface area contributed by atoms with E-state index in [0.717, 1.165) is 35.3 Å². The van der Waals surface area contributed by atoms with Gasteiger partial charge in [0, 0.05) is 23.3 Å². The average molecular weight is 463 g/mol. The molecule has 0 aromatic heterocycles. The van der Waals surface area contributed by atoms with E-state index in [9.17, 15) is 24.0 Å². The van der Waals surface area contributed by atoms with Crippen LogP contribution in [-0.4, -0.2) is 68.1 Å². The van der Waals surface area contributed by atoms with Gasteiger partial charge < -0.3 is 14.2 Å². The summed E-state index contributed by atoms with van der Waals surface area (Å²) in [5.74, 6) is -1.09. The molecule has 1 rings (SSSR count). The maximum atomic E-state index is 12.9. The zero-order valence-corrected chi connectivity index (χ0v) is 18.8. The predicted octanol–water partition coefficient (Wildman–Crippen LogP) is 2.12. The molecule has 0 saturated carbocycles. The van der Waals surface area contributed by atoms with Crippen molar-refractivity contribution in [2.45, 2.75) is 19.3 Å². The van der Waals surface area contributed by atoms with Gasteiger partial charge in [-0.15, -0.1) is 35.3 Å². The second-order valence-electron chi connectivity index (χ2n) is 5.38. The highest BCUT2D eigenvalue weighted by molar-refractivity contribution is 8.08. The first-order chi connectivity index (χ1) is 13.8. The summed E-state index contributed by atoms with van der Waals surface area (Å²) in [6.45, 7) is 0. The van der Waals surface area contributed by atoms with Crippen LogP contribution in [0.1, 0.15) is 19.3 Å². The van der Waals surface area contributed by atoms with Crippen molar-refractivity contribution in [2.75, 3.05) is 38.6 Å². The number of carbonyl (C=O) groups is 5. The van der Waals surface area contributed by atoms with E-state index in [2.05, 4.69) is 14.2 Å². The lowest BCUT2D eigenvalue weighted by molar-refractivity contribution is -0.141. The smallest absolute Gasteiger partial charge is 0.306 e. The third-order valence-electron chi connectivity index (χ3n) is 3.47. The highest BCUT2D eigenvalue weighted by Crippen LogP contribution is 2.38. The Hall–Kier alpha value is -1.72. The van der Waals surface area contributed by atoms with Crippen molar-refractivity contribution < 1.29 is 38.2 Å². The molecule has 160 valence electrons. The summed E-state index contributed by atoms with van der Waals surface area (Å²) in [5, 5.41) is 0. The Bertz CT molecular complexity index is 727. The minimum atomic E-state index is -0.421. The van der Waals surface area contributed by atoms with Crippen LogP contribution in [0.2, 0.25) is 0 Å². The maximum absolute atomic E-state index is 12.9. The molecule has 0 aromatic carbocycles. The summed E-state index contributed by atoms with van der Waals surface area (Å²) < 4.78 is 13.7. The molecule has 0 spiro atoms. The molecular weight excluding hydrogens is 440 g/mol. The van der Waals surface area contributed by atoms with Gasteiger partial charge in [0.2, 0.25) is 5.78 Å². The highest BCUT2D eigenvalue weighted by atomic mass is 32.2. The molecule has 0 bridgehead atoms. The van der Waals surface area contributed by atoms with Crippen LogP contribution in [0.5, 0.6) is 0 Å². The standard InChI is InChI=1S/C18H22O8S3/c1-24-13(20)4-7-27-12-10-11(19)17(28-8-5-14(21)25-2)18(16(12)23)29-9-6-15(22)26-3/h10H,4-9H2,1-3H3. The van der Waals surface area contributed by atoms with Crippen molar-refractivity contribution >= 4 is 64.8 Å². The summed E-state index contributed by atoms with van der Waals surface area (Å²) >= 11 is 3.31. The number of carbonyl (C=O) groups excluding carboxylic acids is 5. The van der Waals surface area contributed by atoms with Crippen molar-refractivity contribution in [2.24, 2.45) is 0 Å². The number of hydrogen-bond donors (Lipinski definition) is 0. The van der Waals surface area contributed by atoms with Gasteiger partial charge in [-0.2, -0.15) is 0 Å². The van der Waals surface area contributed by atoms with Crippen LogP contribution >= 0.6 is 35.3 Å². The van der Waals surface area contributed by atoms with Gasteiger partial charge in [0.15, 0.2) is 5.78 Å². The van der Waals surface area contributed by atoms with E-state index in [4.69, 9.17) is 0 Å². The molecular formula is C18H22O8S3. The van der Waals surface area contributed by atoms with E-state index < -0.39 is 17.9 Å². The molecule has 0 aliphatic heterocycles. The molecule has 0 N–H and O–H groups in total. The summed E-state index contributed by atoms with van der Waals surface area (Å²) in [4.78, 5) is 60.0. The zero-order valence-electron chi connectivity index (χ0n) is 16.3. The molecule has 0 atom stereocenters. The van der Waals surface area contributed by atoms with Gasteiger partial charge in [-0.25, -0.2) is 0 Å². The molecule has 8 nitrogen and oxygen atoms in total. The van der Waals surface area contributed by atoms with Gasteiger partial charge >= 0.3 is 17.9 Å². The van der Waals surface area contributed by atoms with Crippen molar-refractivity contribution in [3.63, 3.8) is 0 Å². The highest BCUT2D eigenvalue weighted by Gasteiger charge is 2.30. The van der Waals surface area contributed by atoms with E-state index in [1.54, 1.807) is 0 Å². The van der Waals surface area contributed by atoms with Crippen LogP contribution in [0, 0.1) is 0 Å². The van der Waals surface area contributed by atoms with E-state index in [1.807, 2.05) is 0 Å². The molecule has 0 unspecified atom stereocenters. The fourth-order valence-corrected chi connectivity index (χ4v) is 5.15. The van der Waals surface area contributed by atoms with Gasteiger partial charge in [-0.05, 0) is 0 Å². The molecule has 0 saturated heterocycles. The Morgan fingerprint density at radius 2 is 1.14 bits per heavy atom. The number of thioether (sulfide) groups is 3. The third-order valence-corrected chi connectivity index (χ3v) is 6.81. The second-order valence-corrected chi connectivity index (χ2v) is 8.73. The minimum absolute atomic E-state index is 0.0841. The molecule has 1 aliphatic carbocycles. The zero-order chi connectivity index (χ0) is 21.8. The van der Waals surface area contributed by atoms with Crippen molar-refractivity contribution in [1.82, 2.24) is 0 Å². The third kappa shape index (κ3) is 8.67. The molecule has 29 heavy (non-hydrogen) atoms. The predicted molar refractivity (Wildman–Crippen MR) is 112 cm³/mol. The quantitative estimate of drug-likeness (QED) is 0.241. The number of hydrogen-bond acceptors (Lipinski definition) is 11. The Morgan fingerprint density at radius 3 is 1.59 bits per heavy atom. The average Bonchev–Trinajstić information content (AvgIpc) is 2.72. The first-order valence-electron chi connectivity index (χ1n) is 8.47. The van der Waals surface area contributed by atoms with Crippen molar-refractivity contribution in [3.8, 4) is 0 Å². The lowest BCUT2D eigenvalue weighted by Crippen LogP contribution is -2.17. The van der Waals surface area contributed by atoms with Crippen LogP contribution in [0.15, 0.2) is 20.8 Å². The first-order valence-corrected chi connectivity index (χ1v) is 11.4. The number of allylic oxidation sites excluding steroid dienone is 4. The van der Waals surface area contributed by atoms with Gasteiger partial charge in [0.05, 0.1) is 55.3 Å². The van der Waals surface area contributed by atoms with Gasteiger partial charge in [0.1, 0.15) is 0 Å². The monoisotopic (exact) mass is 462 g/mol. The molecule has 0 radical (unpaired) electrons. The van der Waals surface area contributed by atoms with Crippen LogP contribution in [-0.2, 0) is 38.2 Å². The SMILES string of the molecule is COC(=O)CCSC1=CC(=O)C(SCCC(=O)OC)=C(SCCC(=O)OC)C1=O. The Morgan fingerprint density at radius 1 is 0.724 bits per heavy atom. The Labute approximate surface area is 181 Å². The summed E-state index contributed by atoms with van der Waals surface area (Å²) in [7, 11) is 3.82. The lowest BCUT2D eigenvalue weighted by atomic mass is 10.1. The number of ether oxygens (including phenoxy) is 3. The fraction of sp³-hybridized carbons (Fsp3) is 0.500. The maximum Gasteiger partial charge on any atom is 0.306 e. The lowest BCUT2D eigenvalue weighted by Gasteiger charge is -2.18. The van der Waals surface area contributed by atoms with Crippen LogP contribution in [0.25, 0.3) is 0 Å². The largest absolute Gasteiger partial charge is 0.469 e. The number of ketones is 2. The fourth-order valence-electron chi connectivity index (χ4n) is 1.98. The minimum Gasteiger partial charge on any atom is -0.469 e. The number of rotatable bonds is 12. The number of methoxy groups -OCH3 is 3. The van der Waals surface area contributed by atoms with Crippen LogP contribution in [0.4, 0.5) is 0 Å². The van der Waals surface area contributed by atoms with E-state index in [0.29, 0.717) is 5.75 Å². The van der Waals surface area contributed by atoms with Crippen molar-refractivity contribution in [1.29, 1.82) is 0 Å². The van der Waals surface area contributed by atoms with Crippen molar-refractivity contribution in [3.05, 3.63) is 20.8 Å². The number of Topliss-reactive ketones (excluding diaryl/α,β-unsaturated/α-hetero) is 1. The topological polar surface area (TPSA) is 113 Å². The molecule has 0 heterocycles. The molecule has 0 amide bonds. The molecule has 0 aromatic rings. The first kappa shape index (κ1) is 25.3. The Kier molecular flexibility index (Phi) is 11.8. The second kappa shape index (κ2) is 13.5. The van der Waals surface area contributed by atoms with E-state index >= 15 is 0 Å². The van der Waals surface area contributed by atoms with Crippen LogP contribution in [0.3, 0.4) is 0 Å². The van der Waals surface area contributed by atoms with Gasteiger partial charge in [0.25, 0.3) is 0 Å². The van der Waals surface area contributed by atoms with Crippen LogP contribution < -0.4 is 0 Å². The Balaban J connectivity index is 2.89.